The Labute approximate surface area is 168 Å². The van der Waals surface area contributed by atoms with Crippen molar-refractivity contribution >= 4 is 16.8 Å². The molecule has 1 amide bonds. The number of rotatable bonds is 3. The third-order valence-electron chi connectivity index (χ3n) is 5.40. The Bertz CT molecular complexity index is 1240. The summed E-state index contributed by atoms with van der Waals surface area (Å²) in [4.78, 5) is 20.4. The molecule has 144 valence electrons. The summed E-state index contributed by atoms with van der Waals surface area (Å²) in [6.45, 7) is 4.72. The van der Waals surface area contributed by atoms with Gasteiger partial charge < -0.3 is 15.0 Å². The summed E-state index contributed by atoms with van der Waals surface area (Å²) in [5.74, 6) is 1.36. The molecule has 0 atom stereocenters. The van der Waals surface area contributed by atoms with Gasteiger partial charge in [-0.25, -0.2) is 4.98 Å². The Hall–Kier alpha value is -3.60. The lowest BCUT2D eigenvalue weighted by molar-refractivity contribution is 0.0946. The highest BCUT2D eigenvalue weighted by Crippen LogP contribution is 2.33. The van der Waals surface area contributed by atoms with E-state index in [1.54, 1.807) is 0 Å². The molecule has 0 spiro atoms. The first-order valence-corrected chi connectivity index (χ1v) is 9.74. The number of carbonyl (C=O) groups excluding carboxylic acids is 1. The van der Waals surface area contributed by atoms with E-state index in [9.17, 15) is 4.79 Å². The molecule has 0 bridgehead atoms. The molecule has 0 unspecified atom stereocenters. The van der Waals surface area contributed by atoms with Crippen LogP contribution in [0.15, 0.2) is 54.6 Å². The molecule has 1 aliphatic heterocycles. The van der Waals surface area contributed by atoms with Crippen molar-refractivity contribution in [3.8, 4) is 22.9 Å². The molecule has 1 aliphatic rings. The summed E-state index contributed by atoms with van der Waals surface area (Å²) in [6.07, 6.45) is 0.806. The molecule has 2 aromatic heterocycles. The van der Waals surface area contributed by atoms with Gasteiger partial charge in [0.1, 0.15) is 5.75 Å². The second-order valence-electron chi connectivity index (χ2n) is 7.43. The van der Waals surface area contributed by atoms with E-state index in [2.05, 4.69) is 10.3 Å². The lowest BCUT2D eigenvalue weighted by Gasteiger charge is -2.12. The number of carbonyl (C=O) groups is 1. The van der Waals surface area contributed by atoms with Crippen LogP contribution in [0.3, 0.4) is 0 Å². The number of pyridine rings is 1. The van der Waals surface area contributed by atoms with Crippen molar-refractivity contribution in [1.82, 2.24) is 15.3 Å². The average Bonchev–Trinajstić information content (AvgIpc) is 3.16. The van der Waals surface area contributed by atoms with Gasteiger partial charge in [0, 0.05) is 41.4 Å². The van der Waals surface area contributed by atoms with Gasteiger partial charge in [0.15, 0.2) is 0 Å². The van der Waals surface area contributed by atoms with E-state index >= 15 is 0 Å². The molecular weight excluding hydrogens is 362 g/mol. The Morgan fingerprint density at radius 2 is 1.76 bits per heavy atom. The minimum Gasteiger partial charge on any atom is -0.438 e. The lowest BCUT2D eigenvalue weighted by Crippen LogP contribution is -2.31. The molecule has 5 heteroatoms. The third-order valence-corrected chi connectivity index (χ3v) is 5.40. The largest absolute Gasteiger partial charge is 0.438 e. The third kappa shape index (κ3) is 3.05. The topological polar surface area (TPSA) is 67.0 Å². The van der Waals surface area contributed by atoms with Gasteiger partial charge in [-0.15, -0.1) is 0 Å². The van der Waals surface area contributed by atoms with E-state index in [0.717, 1.165) is 51.2 Å². The number of hydrogen-bond acceptors (Lipinski definition) is 3. The molecule has 4 aromatic rings. The van der Waals surface area contributed by atoms with E-state index in [1.165, 1.54) is 0 Å². The zero-order chi connectivity index (χ0) is 20.0. The van der Waals surface area contributed by atoms with Crippen molar-refractivity contribution in [2.24, 2.45) is 0 Å². The van der Waals surface area contributed by atoms with Crippen LogP contribution in [0.5, 0.6) is 11.6 Å². The van der Waals surface area contributed by atoms with Crippen LogP contribution in [-0.2, 0) is 6.42 Å². The Kier molecular flexibility index (Phi) is 4.09. The average molecular weight is 383 g/mol. The van der Waals surface area contributed by atoms with Gasteiger partial charge in [-0.2, -0.15) is 0 Å². The zero-order valence-corrected chi connectivity index (χ0v) is 16.4. The number of aromatic nitrogens is 2. The number of aryl methyl sites for hydroxylation is 2. The van der Waals surface area contributed by atoms with Crippen molar-refractivity contribution in [3.63, 3.8) is 0 Å². The van der Waals surface area contributed by atoms with Gasteiger partial charge >= 0.3 is 0 Å². The van der Waals surface area contributed by atoms with Crippen molar-refractivity contribution < 1.29 is 9.53 Å². The SMILES string of the molecule is Cc1cccc(C)c1Oc1ccc2cccc(-c3cc4c([nH]3)CCNC4=O)c2n1. The summed E-state index contributed by atoms with van der Waals surface area (Å²) >= 11 is 0. The van der Waals surface area contributed by atoms with Crippen LogP contribution < -0.4 is 10.1 Å². The molecule has 0 aliphatic carbocycles. The van der Waals surface area contributed by atoms with Crippen LogP contribution >= 0.6 is 0 Å². The minimum absolute atomic E-state index is 0.0269. The molecule has 0 saturated heterocycles. The quantitative estimate of drug-likeness (QED) is 0.527. The number of nitrogens with zero attached hydrogens (tertiary/aromatic N) is 1. The molecule has 2 aromatic carbocycles. The van der Waals surface area contributed by atoms with E-state index < -0.39 is 0 Å². The summed E-state index contributed by atoms with van der Waals surface area (Å²) in [6, 6.07) is 18.0. The van der Waals surface area contributed by atoms with Gasteiger partial charge in [-0.05, 0) is 37.1 Å². The summed E-state index contributed by atoms with van der Waals surface area (Å²) in [7, 11) is 0. The van der Waals surface area contributed by atoms with Crippen LogP contribution in [0, 0.1) is 13.8 Å². The van der Waals surface area contributed by atoms with Crippen molar-refractivity contribution in [3.05, 3.63) is 77.0 Å². The molecule has 0 radical (unpaired) electrons. The van der Waals surface area contributed by atoms with E-state index in [-0.39, 0.29) is 5.91 Å². The predicted molar refractivity (Wildman–Crippen MR) is 114 cm³/mol. The zero-order valence-electron chi connectivity index (χ0n) is 16.4. The number of hydrogen-bond donors (Lipinski definition) is 2. The number of benzene rings is 2. The van der Waals surface area contributed by atoms with Gasteiger partial charge in [0.25, 0.3) is 5.91 Å². The minimum atomic E-state index is -0.0269. The molecule has 0 saturated carbocycles. The fraction of sp³-hybridized carbons (Fsp3) is 0.167. The molecule has 2 N–H and O–H groups in total. The normalized spacial score (nSPS) is 13.2. The van der Waals surface area contributed by atoms with Crippen molar-refractivity contribution in [2.45, 2.75) is 20.3 Å². The summed E-state index contributed by atoms with van der Waals surface area (Å²) in [5.41, 5.74) is 6.53. The number of H-pyrrole nitrogens is 1. The number of fused-ring (bicyclic) bond motifs is 2. The number of aromatic amines is 1. The smallest absolute Gasteiger partial charge is 0.253 e. The maximum absolute atomic E-state index is 12.1. The fourth-order valence-electron chi connectivity index (χ4n) is 3.91. The number of nitrogens with one attached hydrogen (secondary N) is 2. The standard InChI is InChI=1S/C24H21N3O2/c1-14-5-3-6-15(2)23(14)29-21-10-9-16-7-4-8-17(22(16)27-21)20-13-18-19(26-20)11-12-25-24(18)28/h3-10,13,26H,11-12H2,1-2H3,(H,25,28). The van der Waals surface area contributed by atoms with Crippen LogP contribution in [0.4, 0.5) is 0 Å². The number of para-hydroxylation sites is 2. The van der Waals surface area contributed by atoms with Crippen LogP contribution in [0.25, 0.3) is 22.2 Å². The fourth-order valence-corrected chi connectivity index (χ4v) is 3.91. The van der Waals surface area contributed by atoms with Crippen LogP contribution in [-0.4, -0.2) is 22.4 Å². The second kappa shape index (κ2) is 6.78. The lowest BCUT2D eigenvalue weighted by atomic mass is 10.1. The van der Waals surface area contributed by atoms with Gasteiger partial charge in [-0.1, -0.05) is 36.4 Å². The van der Waals surface area contributed by atoms with Gasteiger partial charge in [0.05, 0.1) is 11.1 Å². The van der Waals surface area contributed by atoms with Gasteiger partial charge in [-0.3, -0.25) is 4.79 Å². The highest BCUT2D eigenvalue weighted by atomic mass is 16.5. The molecule has 29 heavy (non-hydrogen) atoms. The highest BCUT2D eigenvalue weighted by Gasteiger charge is 2.21. The number of ether oxygens (including phenoxy) is 1. The van der Waals surface area contributed by atoms with Crippen LogP contribution in [0.1, 0.15) is 27.2 Å². The molecule has 0 fully saturated rings. The monoisotopic (exact) mass is 383 g/mol. The first kappa shape index (κ1) is 17.5. The Morgan fingerprint density at radius 1 is 0.966 bits per heavy atom. The second-order valence-corrected chi connectivity index (χ2v) is 7.43. The Morgan fingerprint density at radius 3 is 2.55 bits per heavy atom. The summed E-state index contributed by atoms with van der Waals surface area (Å²) in [5, 5.41) is 3.91. The van der Waals surface area contributed by atoms with E-state index in [0.29, 0.717) is 18.0 Å². The van der Waals surface area contributed by atoms with Crippen molar-refractivity contribution in [2.75, 3.05) is 6.54 Å². The van der Waals surface area contributed by atoms with Crippen LogP contribution in [0.2, 0.25) is 0 Å². The molecule has 3 heterocycles. The molecule has 5 nitrogen and oxygen atoms in total. The maximum atomic E-state index is 12.1. The van der Waals surface area contributed by atoms with Crippen molar-refractivity contribution in [1.29, 1.82) is 0 Å². The van der Waals surface area contributed by atoms with Gasteiger partial charge in [0.2, 0.25) is 5.88 Å². The first-order chi connectivity index (χ1) is 14.1. The molecular formula is C24H21N3O2. The predicted octanol–water partition coefficient (Wildman–Crippen LogP) is 4.92. The molecule has 5 rings (SSSR count). The van der Waals surface area contributed by atoms with E-state index in [4.69, 9.17) is 9.72 Å². The highest BCUT2D eigenvalue weighted by molar-refractivity contribution is 6.00. The first-order valence-electron chi connectivity index (χ1n) is 9.74. The summed E-state index contributed by atoms with van der Waals surface area (Å²) < 4.78 is 6.15. The van der Waals surface area contributed by atoms with E-state index in [1.807, 2.05) is 68.4 Å². The number of amides is 1. The Balaban J connectivity index is 1.60. The maximum Gasteiger partial charge on any atom is 0.253 e.